The number of hydrogen-bond acceptors (Lipinski definition) is 3. The number of nitrogens with one attached hydrogen (secondary N) is 1. The van der Waals surface area contributed by atoms with Crippen LogP contribution < -0.4 is 11.1 Å². The fraction of sp³-hybridized carbons (Fsp3) is 0.929. The maximum atomic E-state index is 11.9. The molecular weight excluding hydrogens is 226 g/mol. The van der Waals surface area contributed by atoms with E-state index in [1.54, 1.807) is 0 Å². The molecule has 0 aromatic heterocycles. The van der Waals surface area contributed by atoms with Crippen molar-refractivity contribution in [1.29, 1.82) is 0 Å². The van der Waals surface area contributed by atoms with Crippen molar-refractivity contribution in [3.8, 4) is 0 Å². The fourth-order valence-electron chi connectivity index (χ4n) is 2.55. The Bertz CT molecular complexity index is 266. The molecule has 1 saturated heterocycles. The predicted octanol–water partition coefficient (Wildman–Crippen LogP) is 1.35. The third-order valence-electron chi connectivity index (χ3n) is 3.84. The molecule has 4 nitrogen and oxygen atoms in total. The average molecular weight is 255 g/mol. The maximum absolute atomic E-state index is 11.9. The van der Waals surface area contributed by atoms with E-state index >= 15 is 0 Å². The summed E-state index contributed by atoms with van der Waals surface area (Å²) >= 11 is 0. The minimum Gasteiger partial charge on any atom is -0.352 e. The lowest BCUT2D eigenvalue weighted by Crippen LogP contribution is -2.46. The number of piperidine rings is 1. The Kier molecular flexibility index (Phi) is 6.09. The average Bonchev–Trinajstić information content (AvgIpc) is 2.26. The number of carbonyl (C=O) groups excluding carboxylic acids is 1. The smallest absolute Gasteiger partial charge is 0.220 e. The predicted molar refractivity (Wildman–Crippen MR) is 75.3 cm³/mol. The second-order valence-corrected chi connectivity index (χ2v) is 6.37. The molecule has 1 rings (SSSR count). The van der Waals surface area contributed by atoms with Crippen molar-refractivity contribution in [2.24, 2.45) is 11.1 Å². The molecule has 1 aliphatic heterocycles. The van der Waals surface area contributed by atoms with Crippen LogP contribution in [0.25, 0.3) is 0 Å². The van der Waals surface area contributed by atoms with Gasteiger partial charge in [-0.1, -0.05) is 13.8 Å². The number of amides is 1. The number of likely N-dealkylation sites (tertiary alicyclic amines) is 1. The summed E-state index contributed by atoms with van der Waals surface area (Å²) in [6, 6.07) is 0.342. The van der Waals surface area contributed by atoms with E-state index in [1.165, 1.54) is 6.42 Å². The molecule has 0 bridgehead atoms. The molecule has 106 valence electrons. The van der Waals surface area contributed by atoms with E-state index in [-0.39, 0.29) is 11.3 Å². The maximum Gasteiger partial charge on any atom is 0.220 e. The van der Waals surface area contributed by atoms with Crippen LogP contribution in [0.1, 0.15) is 46.0 Å². The van der Waals surface area contributed by atoms with Crippen LogP contribution in [0, 0.1) is 5.41 Å². The molecule has 18 heavy (non-hydrogen) atoms. The molecule has 0 aliphatic carbocycles. The van der Waals surface area contributed by atoms with Crippen LogP contribution in [-0.4, -0.2) is 43.5 Å². The zero-order chi connectivity index (χ0) is 13.6. The van der Waals surface area contributed by atoms with E-state index in [1.807, 2.05) is 0 Å². The van der Waals surface area contributed by atoms with Gasteiger partial charge in [-0.25, -0.2) is 0 Å². The summed E-state index contributed by atoms with van der Waals surface area (Å²) in [5.41, 5.74) is 5.76. The quantitative estimate of drug-likeness (QED) is 0.753. The standard InChI is InChI=1S/C14H29N3O/c1-14(2,8-9-15)7-6-13(18)16-12-5-4-10-17(3)11-12/h12H,4-11,15H2,1-3H3,(H,16,18). The second kappa shape index (κ2) is 7.10. The van der Waals surface area contributed by atoms with Gasteiger partial charge in [0.2, 0.25) is 5.91 Å². The number of likely N-dealkylation sites (N-methyl/N-ethyl adjacent to an activating group) is 1. The van der Waals surface area contributed by atoms with Gasteiger partial charge in [0.05, 0.1) is 0 Å². The van der Waals surface area contributed by atoms with Gasteiger partial charge in [-0.3, -0.25) is 4.79 Å². The molecule has 1 atom stereocenters. The van der Waals surface area contributed by atoms with Crippen LogP contribution in [0.4, 0.5) is 0 Å². The Hall–Kier alpha value is -0.610. The largest absolute Gasteiger partial charge is 0.352 e. The van der Waals surface area contributed by atoms with Crippen LogP contribution in [-0.2, 0) is 4.79 Å². The third kappa shape index (κ3) is 5.83. The van der Waals surface area contributed by atoms with E-state index in [4.69, 9.17) is 5.73 Å². The van der Waals surface area contributed by atoms with E-state index < -0.39 is 0 Å². The topological polar surface area (TPSA) is 58.4 Å². The molecule has 0 spiro atoms. The van der Waals surface area contributed by atoms with Gasteiger partial charge in [-0.05, 0) is 51.2 Å². The first kappa shape index (κ1) is 15.4. The van der Waals surface area contributed by atoms with Crippen LogP contribution in [0.2, 0.25) is 0 Å². The Morgan fingerprint density at radius 1 is 1.44 bits per heavy atom. The van der Waals surface area contributed by atoms with Gasteiger partial charge in [0.1, 0.15) is 0 Å². The normalized spacial score (nSPS) is 21.9. The van der Waals surface area contributed by atoms with Crippen molar-refractivity contribution >= 4 is 5.91 Å². The molecule has 0 radical (unpaired) electrons. The molecule has 1 amide bonds. The van der Waals surface area contributed by atoms with Crippen LogP contribution in [0.3, 0.4) is 0 Å². The molecule has 0 aromatic rings. The molecule has 1 unspecified atom stereocenters. The van der Waals surface area contributed by atoms with Gasteiger partial charge >= 0.3 is 0 Å². The molecular formula is C14H29N3O. The lowest BCUT2D eigenvalue weighted by molar-refractivity contribution is -0.122. The minimum absolute atomic E-state index is 0.176. The van der Waals surface area contributed by atoms with Crippen LogP contribution in [0.15, 0.2) is 0 Å². The monoisotopic (exact) mass is 255 g/mol. The van der Waals surface area contributed by atoms with E-state index in [2.05, 4.69) is 31.1 Å². The lowest BCUT2D eigenvalue weighted by Gasteiger charge is -2.30. The number of nitrogens with two attached hydrogens (primary N) is 1. The highest BCUT2D eigenvalue weighted by atomic mass is 16.1. The summed E-state index contributed by atoms with van der Waals surface area (Å²) in [6.07, 6.45) is 4.81. The van der Waals surface area contributed by atoms with Crippen molar-refractivity contribution in [2.45, 2.75) is 52.0 Å². The van der Waals surface area contributed by atoms with Crippen molar-refractivity contribution in [3.05, 3.63) is 0 Å². The van der Waals surface area contributed by atoms with E-state index in [9.17, 15) is 4.79 Å². The SMILES string of the molecule is CN1CCCC(NC(=O)CCC(C)(C)CCN)C1. The Balaban J connectivity index is 2.24. The molecule has 1 heterocycles. The van der Waals surface area contributed by atoms with Gasteiger partial charge in [0.25, 0.3) is 0 Å². The highest BCUT2D eigenvalue weighted by Gasteiger charge is 2.21. The van der Waals surface area contributed by atoms with Gasteiger partial charge in [-0.2, -0.15) is 0 Å². The summed E-state index contributed by atoms with van der Waals surface area (Å²) in [6.45, 7) is 7.19. The number of nitrogens with zero attached hydrogens (tertiary/aromatic N) is 1. The fourth-order valence-corrected chi connectivity index (χ4v) is 2.55. The molecule has 0 aromatic carbocycles. The molecule has 1 fully saturated rings. The highest BCUT2D eigenvalue weighted by molar-refractivity contribution is 5.76. The summed E-state index contributed by atoms with van der Waals surface area (Å²) in [7, 11) is 2.11. The van der Waals surface area contributed by atoms with E-state index in [0.717, 1.165) is 32.4 Å². The van der Waals surface area contributed by atoms with Gasteiger partial charge in [0, 0.05) is 19.0 Å². The first-order chi connectivity index (χ1) is 8.43. The lowest BCUT2D eigenvalue weighted by atomic mass is 9.84. The third-order valence-corrected chi connectivity index (χ3v) is 3.84. The van der Waals surface area contributed by atoms with Crippen molar-refractivity contribution in [2.75, 3.05) is 26.7 Å². The minimum atomic E-state index is 0.176. The van der Waals surface area contributed by atoms with Crippen molar-refractivity contribution < 1.29 is 4.79 Å². The number of carbonyl (C=O) groups is 1. The second-order valence-electron chi connectivity index (χ2n) is 6.37. The number of rotatable bonds is 6. The molecule has 3 N–H and O–H groups in total. The molecule has 1 aliphatic rings. The number of hydrogen-bond donors (Lipinski definition) is 2. The first-order valence-corrected chi connectivity index (χ1v) is 7.11. The van der Waals surface area contributed by atoms with Gasteiger partial charge < -0.3 is 16.0 Å². The van der Waals surface area contributed by atoms with Crippen molar-refractivity contribution in [3.63, 3.8) is 0 Å². The van der Waals surface area contributed by atoms with Crippen LogP contribution >= 0.6 is 0 Å². The van der Waals surface area contributed by atoms with Gasteiger partial charge in [0.15, 0.2) is 0 Å². The zero-order valence-corrected chi connectivity index (χ0v) is 12.2. The van der Waals surface area contributed by atoms with Crippen LogP contribution in [0.5, 0.6) is 0 Å². The Morgan fingerprint density at radius 2 is 2.17 bits per heavy atom. The first-order valence-electron chi connectivity index (χ1n) is 7.11. The summed E-state index contributed by atoms with van der Waals surface area (Å²) < 4.78 is 0. The Morgan fingerprint density at radius 3 is 2.78 bits per heavy atom. The molecule has 4 heteroatoms. The summed E-state index contributed by atoms with van der Waals surface area (Å²) in [4.78, 5) is 14.2. The van der Waals surface area contributed by atoms with Gasteiger partial charge in [-0.15, -0.1) is 0 Å². The highest BCUT2D eigenvalue weighted by Crippen LogP contribution is 2.25. The summed E-state index contributed by atoms with van der Waals surface area (Å²) in [5, 5.41) is 3.15. The molecule has 0 saturated carbocycles. The van der Waals surface area contributed by atoms with E-state index in [0.29, 0.717) is 19.0 Å². The zero-order valence-electron chi connectivity index (χ0n) is 12.2. The van der Waals surface area contributed by atoms with Crippen molar-refractivity contribution in [1.82, 2.24) is 10.2 Å². The Labute approximate surface area is 111 Å². The summed E-state index contributed by atoms with van der Waals surface area (Å²) in [5.74, 6) is 0.195.